The smallest absolute Gasteiger partial charge is 0.244 e. The fourth-order valence-electron chi connectivity index (χ4n) is 3.73. The van der Waals surface area contributed by atoms with Crippen LogP contribution >= 0.6 is 0 Å². The van der Waals surface area contributed by atoms with Gasteiger partial charge in [-0.1, -0.05) is 18.2 Å². The Labute approximate surface area is 210 Å². The van der Waals surface area contributed by atoms with Gasteiger partial charge in [-0.25, -0.2) is 4.98 Å². The van der Waals surface area contributed by atoms with E-state index in [4.69, 9.17) is 14.9 Å². The number of carbonyl (C=O) groups excluding carboxylic acids is 2. The van der Waals surface area contributed by atoms with Crippen LogP contribution in [0.5, 0.6) is 5.75 Å². The second-order valence-corrected chi connectivity index (χ2v) is 8.41. The molecule has 1 amide bonds. The molecule has 36 heavy (non-hydrogen) atoms. The number of aliphatic hydroxyl groups excluding tert-OH is 1. The van der Waals surface area contributed by atoms with Crippen LogP contribution in [0.1, 0.15) is 35.1 Å². The summed E-state index contributed by atoms with van der Waals surface area (Å²) in [6.07, 6.45) is 2.73. The number of fused-ring (bicyclic) bond motifs is 1. The monoisotopic (exact) mass is 492 g/mol. The molecule has 9 nitrogen and oxygen atoms in total. The summed E-state index contributed by atoms with van der Waals surface area (Å²) < 4.78 is 12.5. The number of aliphatic hydroxyl groups is 1. The molecule has 0 aliphatic rings. The topological polar surface area (TPSA) is 127 Å². The fourth-order valence-corrected chi connectivity index (χ4v) is 3.73. The zero-order valence-corrected chi connectivity index (χ0v) is 20.8. The van der Waals surface area contributed by atoms with Gasteiger partial charge in [0.2, 0.25) is 11.8 Å². The van der Waals surface area contributed by atoms with E-state index in [1.807, 2.05) is 47.9 Å². The summed E-state index contributed by atoms with van der Waals surface area (Å²) in [5, 5.41) is 21.0. The van der Waals surface area contributed by atoms with Crippen LogP contribution in [0.3, 0.4) is 0 Å². The minimum Gasteiger partial charge on any atom is -0.497 e. The van der Waals surface area contributed by atoms with Crippen molar-refractivity contribution in [1.82, 2.24) is 14.9 Å². The standard InChI is InChI=1S/C27H32N4O5/c1-18(32)21-6-4-5-20(15-21)11-13-29-27(34)10-9-26(28)36-14-12-22(33)17-31-19(2)30-24-16-23(35-3)7-8-25(24)31/h4-10,15-16,22,28,33H,11-14,17H2,1-3H3,(H,29,34)/b10-9-,28-26?. The zero-order chi connectivity index (χ0) is 26.1. The van der Waals surface area contributed by atoms with Crippen LogP contribution in [0.15, 0.2) is 54.6 Å². The van der Waals surface area contributed by atoms with Gasteiger partial charge in [0.05, 0.1) is 37.4 Å². The average Bonchev–Trinajstić information content (AvgIpc) is 3.16. The summed E-state index contributed by atoms with van der Waals surface area (Å²) in [6.45, 7) is 4.28. The molecule has 0 bridgehead atoms. The summed E-state index contributed by atoms with van der Waals surface area (Å²) >= 11 is 0. The van der Waals surface area contributed by atoms with Gasteiger partial charge in [-0.05, 0) is 44.0 Å². The largest absolute Gasteiger partial charge is 0.497 e. The van der Waals surface area contributed by atoms with Crippen LogP contribution in [-0.2, 0) is 22.5 Å². The van der Waals surface area contributed by atoms with Crippen molar-refractivity contribution in [3.05, 3.63) is 71.6 Å². The van der Waals surface area contributed by atoms with Gasteiger partial charge in [-0.2, -0.15) is 0 Å². The Morgan fingerprint density at radius 2 is 2.03 bits per heavy atom. The number of ketones is 1. The summed E-state index contributed by atoms with van der Waals surface area (Å²) in [5.74, 6) is 1.00. The third kappa shape index (κ3) is 7.51. The van der Waals surface area contributed by atoms with Gasteiger partial charge >= 0.3 is 0 Å². The maximum atomic E-state index is 12.0. The van der Waals surface area contributed by atoms with Crippen LogP contribution in [0.4, 0.5) is 0 Å². The number of rotatable bonds is 12. The van der Waals surface area contributed by atoms with Crippen molar-refractivity contribution in [2.24, 2.45) is 0 Å². The van der Waals surface area contributed by atoms with Gasteiger partial charge in [-0.3, -0.25) is 15.0 Å². The predicted molar refractivity (Wildman–Crippen MR) is 138 cm³/mol. The number of amides is 1. The number of nitrogens with zero attached hydrogens (tertiary/aromatic N) is 2. The van der Waals surface area contributed by atoms with E-state index in [0.717, 1.165) is 28.2 Å². The second kappa shape index (κ2) is 12.6. The fraction of sp³-hybridized carbons (Fsp3) is 0.333. The van der Waals surface area contributed by atoms with Crippen LogP contribution in [-0.4, -0.2) is 58.6 Å². The van der Waals surface area contributed by atoms with Gasteiger partial charge in [0.1, 0.15) is 11.6 Å². The number of ether oxygens (including phenoxy) is 2. The van der Waals surface area contributed by atoms with Crippen LogP contribution in [0, 0.1) is 12.3 Å². The number of carbonyl (C=O) groups is 2. The quantitative estimate of drug-likeness (QED) is 0.154. The Kier molecular flexibility index (Phi) is 9.35. The third-order valence-electron chi connectivity index (χ3n) is 5.68. The average molecular weight is 493 g/mol. The molecular weight excluding hydrogens is 460 g/mol. The lowest BCUT2D eigenvalue weighted by Gasteiger charge is -2.14. The molecule has 0 radical (unpaired) electrons. The Morgan fingerprint density at radius 3 is 2.78 bits per heavy atom. The maximum absolute atomic E-state index is 12.0. The number of aromatic nitrogens is 2. The number of Topliss-reactive ketones (excluding diaryl/α,β-unsaturated/α-hetero) is 1. The van der Waals surface area contributed by atoms with Gasteiger partial charge in [-0.15, -0.1) is 0 Å². The third-order valence-corrected chi connectivity index (χ3v) is 5.68. The van der Waals surface area contributed by atoms with Crippen LogP contribution in [0.25, 0.3) is 11.0 Å². The number of aryl methyl sites for hydroxylation is 1. The Hall–Kier alpha value is -3.98. The molecule has 190 valence electrons. The number of benzene rings is 2. The van der Waals surface area contributed by atoms with E-state index < -0.39 is 6.10 Å². The van der Waals surface area contributed by atoms with Gasteiger partial charge < -0.3 is 24.5 Å². The van der Waals surface area contributed by atoms with Crippen molar-refractivity contribution >= 4 is 28.6 Å². The molecule has 1 atom stereocenters. The van der Waals surface area contributed by atoms with Crippen molar-refractivity contribution in [2.45, 2.75) is 39.3 Å². The van der Waals surface area contributed by atoms with E-state index in [2.05, 4.69) is 10.3 Å². The van der Waals surface area contributed by atoms with Crippen molar-refractivity contribution in [1.29, 1.82) is 5.41 Å². The van der Waals surface area contributed by atoms with Crippen LogP contribution in [0.2, 0.25) is 0 Å². The van der Waals surface area contributed by atoms with Crippen molar-refractivity contribution in [3.8, 4) is 5.75 Å². The molecule has 0 aliphatic carbocycles. The summed E-state index contributed by atoms with van der Waals surface area (Å²) in [4.78, 5) is 28.0. The van der Waals surface area contributed by atoms with E-state index in [1.54, 1.807) is 13.2 Å². The van der Waals surface area contributed by atoms with Crippen molar-refractivity contribution in [2.75, 3.05) is 20.3 Å². The molecule has 3 N–H and O–H groups in total. The SMILES string of the molecule is COc1ccc2c(c1)nc(C)n2CC(O)CCOC(=N)/C=C\C(=O)NCCc1cccc(C(C)=O)c1. The lowest BCUT2D eigenvalue weighted by atomic mass is 10.1. The zero-order valence-electron chi connectivity index (χ0n) is 20.8. The molecule has 0 spiro atoms. The van der Waals surface area contributed by atoms with Crippen molar-refractivity contribution < 1.29 is 24.2 Å². The number of imidazole rings is 1. The Bertz CT molecular complexity index is 1260. The first-order valence-corrected chi connectivity index (χ1v) is 11.7. The predicted octanol–water partition coefficient (Wildman–Crippen LogP) is 3.22. The van der Waals surface area contributed by atoms with Gasteiger partial charge in [0.15, 0.2) is 5.78 Å². The highest BCUT2D eigenvalue weighted by atomic mass is 16.5. The normalized spacial score (nSPS) is 12.0. The molecule has 0 aliphatic heterocycles. The minimum absolute atomic E-state index is 0.00114. The molecule has 1 unspecified atom stereocenters. The molecule has 0 saturated carbocycles. The number of methoxy groups -OCH3 is 1. The minimum atomic E-state index is -0.690. The van der Waals surface area contributed by atoms with Gasteiger partial charge in [0.25, 0.3) is 0 Å². The first-order valence-electron chi connectivity index (χ1n) is 11.7. The molecule has 3 aromatic rings. The van der Waals surface area contributed by atoms with Crippen LogP contribution < -0.4 is 10.1 Å². The van der Waals surface area contributed by atoms with E-state index in [1.165, 1.54) is 19.1 Å². The summed E-state index contributed by atoms with van der Waals surface area (Å²) in [6, 6.07) is 12.9. The molecular formula is C27H32N4O5. The molecule has 0 saturated heterocycles. The van der Waals surface area contributed by atoms with E-state index in [0.29, 0.717) is 31.5 Å². The highest BCUT2D eigenvalue weighted by Crippen LogP contribution is 2.22. The summed E-state index contributed by atoms with van der Waals surface area (Å²) in [7, 11) is 1.60. The lowest BCUT2D eigenvalue weighted by molar-refractivity contribution is -0.116. The molecule has 3 rings (SSSR count). The van der Waals surface area contributed by atoms with E-state index in [9.17, 15) is 14.7 Å². The maximum Gasteiger partial charge on any atom is 0.244 e. The lowest BCUT2D eigenvalue weighted by Crippen LogP contribution is -2.24. The Morgan fingerprint density at radius 1 is 1.22 bits per heavy atom. The first kappa shape index (κ1) is 26.6. The van der Waals surface area contributed by atoms with E-state index in [-0.39, 0.29) is 24.2 Å². The van der Waals surface area contributed by atoms with Gasteiger partial charge in [0, 0.05) is 36.7 Å². The number of hydrogen-bond acceptors (Lipinski definition) is 7. The van der Waals surface area contributed by atoms with Crippen molar-refractivity contribution in [3.63, 3.8) is 0 Å². The number of nitrogens with one attached hydrogen (secondary N) is 2. The highest BCUT2D eigenvalue weighted by molar-refractivity contribution is 5.95. The highest BCUT2D eigenvalue weighted by Gasteiger charge is 2.13. The first-order chi connectivity index (χ1) is 17.3. The Balaban J connectivity index is 1.38. The second-order valence-electron chi connectivity index (χ2n) is 8.41. The molecule has 0 fully saturated rings. The molecule has 1 aromatic heterocycles. The number of hydrogen-bond donors (Lipinski definition) is 3. The molecule has 2 aromatic carbocycles. The van der Waals surface area contributed by atoms with E-state index >= 15 is 0 Å². The molecule has 9 heteroatoms. The summed E-state index contributed by atoms with van der Waals surface area (Å²) in [5.41, 5.74) is 3.30. The molecule has 1 heterocycles.